The van der Waals surface area contributed by atoms with Gasteiger partial charge in [0.15, 0.2) is 16.7 Å². The molecule has 9 nitrogen and oxygen atoms in total. The number of hydrogen-bond donors (Lipinski definition) is 0. The minimum absolute atomic E-state index is 0.187. The Morgan fingerprint density at radius 1 is 1.10 bits per heavy atom. The van der Waals surface area contributed by atoms with E-state index in [9.17, 15) is 14.5 Å². The molecule has 0 amide bonds. The molecule has 0 radical (unpaired) electrons. The largest absolute Gasteiger partial charge is 0.494 e. The first-order valence-corrected chi connectivity index (χ1v) is 13.6. The van der Waals surface area contributed by atoms with Gasteiger partial charge in [-0.05, 0) is 89.4 Å². The van der Waals surface area contributed by atoms with Crippen LogP contribution < -0.4 is 14.2 Å². The SMILES string of the molecule is CCOc1ccc(-n2c(C)nnc2S[C@H](C[N+](=O)[O-])c2cc(Br)c(OCc3ccc(F)cc3)c(OC)c2)cc1. The zero-order valence-electron chi connectivity index (χ0n) is 21.5. The number of rotatable bonds is 12. The Labute approximate surface area is 237 Å². The van der Waals surface area contributed by atoms with Gasteiger partial charge in [0.05, 0.1) is 18.2 Å². The maximum Gasteiger partial charge on any atom is 0.220 e. The highest BCUT2D eigenvalue weighted by Crippen LogP contribution is 2.43. The van der Waals surface area contributed by atoms with E-state index in [1.165, 1.54) is 31.0 Å². The van der Waals surface area contributed by atoms with Gasteiger partial charge in [0.25, 0.3) is 0 Å². The highest BCUT2D eigenvalue weighted by atomic mass is 79.9. The molecule has 0 aliphatic carbocycles. The fraction of sp³-hybridized carbons (Fsp3) is 0.259. The molecule has 0 saturated carbocycles. The summed E-state index contributed by atoms with van der Waals surface area (Å²) in [4.78, 5) is 11.3. The molecule has 0 fully saturated rings. The molecule has 1 aromatic heterocycles. The molecule has 4 rings (SSSR count). The first kappa shape index (κ1) is 28.4. The number of halogens is 2. The lowest BCUT2D eigenvalue weighted by atomic mass is 10.1. The lowest BCUT2D eigenvalue weighted by molar-refractivity contribution is -0.479. The summed E-state index contributed by atoms with van der Waals surface area (Å²) in [5, 5.41) is 20.1. The predicted molar refractivity (Wildman–Crippen MR) is 149 cm³/mol. The van der Waals surface area contributed by atoms with E-state index in [1.807, 2.05) is 42.7 Å². The average Bonchev–Trinajstić information content (AvgIpc) is 3.28. The summed E-state index contributed by atoms with van der Waals surface area (Å²) < 4.78 is 32.7. The van der Waals surface area contributed by atoms with Crippen LogP contribution in [0.15, 0.2) is 70.3 Å². The van der Waals surface area contributed by atoms with E-state index in [4.69, 9.17) is 14.2 Å². The molecule has 0 bridgehead atoms. The first-order chi connectivity index (χ1) is 18.8. The van der Waals surface area contributed by atoms with Crippen LogP contribution >= 0.6 is 27.7 Å². The fourth-order valence-electron chi connectivity index (χ4n) is 3.85. The van der Waals surface area contributed by atoms with Gasteiger partial charge in [0.1, 0.15) is 29.2 Å². The van der Waals surface area contributed by atoms with Crippen LogP contribution in [-0.2, 0) is 6.61 Å². The molecule has 4 aromatic rings. The molecule has 1 heterocycles. The van der Waals surface area contributed by atoms with Gasteiger partial charge in [-0.3, -0.25) is 14.7 Å². The van der Waals surface area contributed by atoms with E-state index in [1.54, 1.807) is 24.3 Å². The summed E-state index contributed by atoms with van der Waals surface area (Å²) >= 11 is 4.77. The van der Waals surface area contributed by atoms with Crippen molar-refractivity contribution in [1.82, 2.24) is 14.8 Å². The highest BCUT2D eigenvalue weighted by molar-refractivity contribution is 9.10. The van der Waals surface area contributed by atoms with Crippen LogP contribution in [0.4, 0.5) is 4.39 Å². The molecule has 39 heavy (non-hydrogen) atoms. The lowest BCUT2D eigenvalue weighted by Gasteiger charge is -2.18. The third-order valence-electron chi connectivity index (χ3n) is 5.68. The number of ether oxygens (including phenoxy) is 3. The molecule has 0 aliphatic rings. The second-order valence-electron chi connectivity index (χ2n) is 8.36. The minimum Gasteiger partial charge on any atom is -0.494 e. The van der Waals surface area contributed by atoms with Gasteiger partial charge in [-0.15, -0.1) is 10.2 Å². The number of thioether (sulfide) groups is 1. The van der Waals surface area contributed by atoms with E-state index < -0.39 is 5.25 Å². The Morgan fingerprint density at radius 3 is 2.46 bits per heavy atom. The monoisotopic (exact) mass is 616 g/mol. The van der Waals surface area contributed by atoms with Crippen LogP contribution in [0.25, 0.3) is 5.69 Å². The van der Waals surface area contributed by atoms with Crippen LogP contribution in [-0.4, -0.2) is 39.9 Å². The Bertz CT molecular complexity index is 1430. The van der Waals surface area contributed by atoms with Crippen molar-refractivity contribution in [3.63, 3.8) is 0 Å². The lowest BCUT2D eigenvalue weighted by Crippen LogP contribution is -2.12. The Morgan fingerprint density at radius 2 is 1.82 bits per heavy atom. The molecule has 1 atom stereocenters. The van der Waals surface area contributed by atoms with Gasteiger partial charge in [-0.25, -0.2) is 4.39 Å². The number of methoxy groups -OCH3 is 1. The van der Waals surface area contributed by atoms with Crippen molar-refractivity contribution in [1.29, 1.82) is 0 Å². The molecule has 204 valence electrons. The van der Waals surface area contributed by atoms with E-state index in [0.717, 1.165) is 17.0 Å². The molecular formula is C27H26BrFN4O5S. The quantitative estimate of drug-likeness (QED) is 0.1000. The topological polar surface area (TPSA) is 102 Å². The highest BCUT2D eigenvalue weighted by Gasteiger charge is 2.26. The molecule has 0 unspecified atom stereocenters. The molecule has 0 N–H and O–H groups in total. The second-order valence-corrected chi connectivity index (χ2v) is 10.4. The molecule has 0 aliphatic heterocycles. The van der Waals surface area contributed by atoms with Crippen LogP contribution in [0.2, 0.25) is 0 Å². The number of aromatic nitrogens is 3. The van der Waals surface area contributed by atoms with Crippen molar-refractivity contribution in [3.05, 3.63) is 98.0 Å². The Balaban J connectivity index is 1.62. The fourth-order valence-corrected chi connectivity index (χ4v) is 5.58. The number of aryl methyl sites for hydroxylation is 1. The zero-order chi connectivity index (χ0) is 27.9. The number of nitro groups is 1. The van der Waals surface area contributed by atoms with Crippen LogP contribution in [0.5, 0.6) is 17.2 Å². The third-order valence-corrected chi connectivity index (χ3v) is 7.45. The minimum atomic E-state index is -0.610. The van der Waals surface area contributed by atoms with Crippen molar-refractivity contribution in [2.75, 3.05) is 20.3 Å². The van der Waals surface area contributed by atoms with Crippen LogP contribution in [0.1, 0.15) is 29.1 Å². The number of nitrogens with zero attached hydrogens (tertiary/aromatic N) is 4. The Kier molecular flexibility index (Phi) is 9.41. The van der Waals surface area contributed by atoms with Crippen molar-refractivity contribution < 1.29 is 23.5 Å². The maximum atomic E-state index is 13.2. The smallest absolute Gasteiger partial charge is 0.220 e. The molecular weight excluding hydrogens is 591 g/mol. The van der Waals surface area contributed by atoms with Crippen LogP contribution in [0.3, 0.4) is 0 Å². The van der Waals surface area contributed by atoms with Crippen LogP contribution in [0, 0.1) is 22.9 Å². The summed E-state index contributed by atoms with van der Waals surface area (Å²) in [5.74, 6) is 1.89. The summed E-state index contributed by atoms with van der Waals surface area (Å²) in [6.45, 7) is 4.13. The summed E-state index contributed by atoms with van der Waals surface area (Å²) in [6, 6.07) is 17.0. The van der Waals surface area contributed by atoms with Gasteiger partial charge >= 0.3 is 0 Å². The molecule has 0 saturated heterocycles. The van der Waals surface area contributed by atoms with Crippen molar-refractivity contribution in [2.24, 2.45) is 0 Å². The summed E-state index contributed by atoms with van der Waals surface area (Å²) in [6.07, 6.45) is 0. The average molecular weight is 617 g/mol. The molecule has 3 aromatic carbocycles. The number of hydrogen-bond acceptors (Lipinski definition) is 8. The summed E-state index contributed by atoms with van der Waals surface area (Å²) in [7, 11) is 1.50. The third kappa shape index (κ3) is 7.07. The van der Waals surface area contributed by atoms with Gasteiger partial charge in [-0.2, -0.15) is 0 Å². The normalized spacial score (nSPS) is 11.7. The zero-order valence-corrected chi connectivity index (χ0v) is 23.9. The van der Waals surface area contributed by atoms with Gasteiger partial charge < -0.3 is 14.2 Å². The van der Waals surface area contributed by atoms with Crippen molar-refractivity contribution in [2.45, 2.75) is 30.9 Å². The van der Waals surface area contributed by atoms with Gasteiger partial charge in [-0.1, -0.05) is 23.9 Å². The van der Waals surface area contributed by atoms with Crippen molar-refractivity contribution in [3.8, 4) is 22.9 Å². The van der Waals surface area contributed by atoms with E-state index in [-0.39, 0.29) is 23.9 Å². The summed E-state index contributed by atoms with van der Waals surface area (Å²) in [5.41, 5.74) is 2.24. The molecule has 0 spiro atoms. The first-order valence-electron chi connectivity index (χ1n) is 12.0. The standard InChI is InChI=1S/C27H26BrFN4O5S/c1-4-37-22-11-9-21(10-12-22)33-17(2)30-31-27(33)39-25(15-32(34)35)19-13-23(28)26(24(14-19)36-3)38-16-18-5-7-20(29)8-6-18/h5-14,25H,4,15-16H2,1-3H3/t25-/m1/s1. The predicted octanol–water partition coefficient (Wildman–Crippen LogP) is 6.57. The second kappa shape index (κ2) is 12.9. The number of benzene rings is 3. The maximum absolute atomic E-state index is 13.2. The molecule has 12 heteroatoms. The van der Waals surface area contributed by atoms with Gasteiger partial charge in [0.2, 0.25) is 6.54 Å². The van der Waals surface area contributed by atoms with E-state index in [0.29, 0.717) is 39.1 Å². The van der Waals surface area contributed by atoms with Crippen molar-refractivity contribution >= 4 is 27.7 Å². The Hall–Kier alpha value is -3.64. The van der Waals surface area contributed by atoms with E-state index >= 15 is 0 Å². The van der Waals surface area contributed by atoms with E-state index in [2.05, 4.69) is 26.1 Å². The van der Waals surface area contributed by atoms with Gasteiger partial charge in [0, 0.05) is 10.6 Å².